The number of halogens is 2. The highest BCUT2D eigenvalue weighted by Crippen LogP contribution is 2.24. The molecule has 2 aromatic rings. The molecule has 1 heterocycles. The van der Waals surface area contributed by atoms with Gasteiger partial charge in [-0.1, -0.05) is 0 Å². The number of carbonyl (C=O) groups excluding carboxylic acids is 1. The lowest BCUT2D eigenvalue weighted by Gasteiger charge is -2.05. The summed E-state index contributed by atoms with van der Waals surface area (Å²) in [6.45, 7) is 1.60. The van der Waals surface area contributed by atoms with E-state index in [1.54, 1.807) is 6.92 Å². The van der Waals surface area contributed by atoms with Crippen LogP contribution in [0.2, 0.25) is 0 Å². The van der Waals surface area contributed by atoms with Crippen molar-refractivity contribution in [2.45, 2.75) is 11.1 Å². The van der Waals surface area contributed by atoms with E-state index >= 15 is 0 Å². The van der Waals surface area contributed by atoms with Crippen LogP contribution in [0.1, 0.15) is 15.2 Å². The van der Waals surface area contributed by atoms with Gasteiger partial charge in [-0.3, -0.25) is 4.79 Å². The van der Waals surface area contributed by atoms with Gasteiger partial charge in [-0.15, -0.1) is 11.3 Å². The number of rotatable bonds is 3. The van der Waals surface area contributed by atoms with E-state index in [0.717, 1.165) is 23.5 Å². The summed E-state index contributed by atoms with van der Waals surface area (Å²) in [6.07, 6.45) is 0. The Balaban J connectivity index is 2.25. The highest BCUT2D eigenvalue weighted by Gasteiger charge is 2.15. The van der Waals surface area contributed by atoms with Crippen molar-refractivity contribution in [3.8, 4) is 0 Å². The Morgan fingerprint density at radius 1 is 1.20 bits per heavy atom. The molecule has 106 valence electrons. The third-order valence-corrected chi connectivity index (χ3v) is 4.57. The second-order valence-electron chi connectivity index (χ2n) is 3.89. The number of thiol groups is 1. The van der Waals surface area contributed by atoms with Crippen LogP contribution in [0.5, 0.6) is 0 Å². The Bertz CT molecular complexity index is 745. The van der Waals surface area contributed by atoms with Gasteiger partial charge in [0.2, 0.25) is 0 Å². The maximum atomic E-state index is 13.0. The third-order valence-electron chi connectivity index (χ3n) is 2.51. The molecule has 0 aliphatic heterocycles. The van der Waals surface area contributed by atoms with Crippen LogP contribution in [0.25, 0.3) is 0 Å². The van der Waals surface area contributed by atoms with Gasteiger partial charge < -0.3 is 5.32 Å². The van der Waals surface area contributed by atoms with Crippen molar-refractivity contribution >= 4 is 33.6 Å². The largest absolute Gasteiger partial charge is 0.322 e. The third kappa shape index (κ3) is 3.02. The van der Waals surface area contributed by atoms with Crippen LogP contribution in [0, 0.1) is 18.6 Å². The van der Waals surface area contributed by atoms with Crippen LogP contribution in [0.3, 0.4) is 0 Å². The summed E-state index contributed by atoms with van der Waals surface area (Å²) in [4.78, 5) is 12.5. The fourth-order valence-electron chi connectivity index (χ4n) is 1.55. The van der Waals surface area contributed by atoms with E-state index in [-0.39, 0.29) is 15.5 Å². The van der Waals surface area contributed by atoms with Crippen molar-refractivity contribution in [2.24, 2.45) is 0 Å². The van der Waals surface area contributed by atoms with Gasteiger partial charge >= 0.3 is 0 Å². The monoisotopic (exact) mass is 317 g/mol. The molecule has 0 aliphatic carbocycles. The van der Waals surface area contributed by atoms with Gasteiger partial charge in [0.05, 0.1) is 5.56 Å². The average molecular weight is 317 g/mol. The van der Waals surface area contributed by atoms with Crippen molar-refractivity contribution in [3.63, 3.8) is 0 Å². The molecule has 0 fully saturated rings. The van der Waals surface area contributed by atoms with E-state index in [1.807, 2.05) is 0 Å². The van der Waals surface area contributed by atoms with E-state index in [4.69, 9.17) is 0 Å². The van der Waals surface area contributed by atoms with Crippen molar-refractivity contribution < 1.29 is 22.0 Å². The topological polar surface area (TPSA) is 63.2 Å². The molecule has 1 amide bonds. The molecule has 1 aromatic carbocycles. The molecule has 1 N–H and O–H groups in total. The Morgan fingerprint density at radius 3 is 2.45 bits per heavy atom. The Labute approximate surface area is 119 Å². The van der Waals surface area contributed by atoms with E-state index in [9.17, 15) is 22.0 Å². The number of amides is 1. The zero-order valence-electron chi connectivity index (χ0n) is 10.1. The van der Waals surface area contributed by atoms with Crippen molar-refractivity contribution in [1.29, 1.82) is 0 Å². The maximum Gasteiger partial charge on any atom is 0.256 e. The smallest absolute Gasteiger partial charge is 0.256 e. The molecule has 0 unspecified atom stereocenters. The number of aryl methyl sites for hydroxylation is 1. The van der Waals surface area contributed by atoms with E-state index in [1.165, 1.54) is 12.1 Å². The lowest BCUT2D eigenvalue weighted by atomic mass is 10.2. The quantitative estimate of drug-likeness (QED) is 0.855. The fraction of sp³-hybridized carbons (Fsp3) is 0.0833. The minimum atomic E-state index is -2.76. The molecule has 0 bridgehead atoms. The summed E-state index contributed by atoms with van der Waals surface area (Å²) in [5.41, 5.74) is 0.279. The first-order chi connectivity index (χ1) is 9.38. The Hall–Kier alpha value is -1.80. The molecule has 4 nitrogen and oxygen atoms in total. The van der Waals surface area contributed by atoms with Gasteiger partial charge in [-0.05, 0) is 25.1 Å². The first-order valence-corrected chi connectivity index (χ1v) is 7.39. The molecule has 0 saturated heterocycles. The highest BCUT2D eigenvalue weighted by atomic mass is 32.2. The molecular formula is C12H9F2NO3S2. The van der Waals surface area contributed by atoms with Crippen LogP contribution in [-0.4, -0.2) is 14.3 Å². The molecule has 20 heavy (non-hydrogen) atoms. The first-order valence-electron chi connectivity index (χ1n) is 5.39. The number of hydrogen-bond donors (Lipinski definition) is 2. The van der Waals surface area contributed by atoms with Crippen molar-refractivity contribution in [2.75, 3.05) is 5.32 Å². The second-order valence-corrected chi connectivity index (χ2v) is 6.45. The first kappa shape index (κ1) is 14.6. The van der Waals surface area contributed by atoms with Crippen LogP contribution in [0.15, 0.2) is 28.5 Å². The van der Waals surface area contributed by atoms with E-state index in [0.29, 0.717) is 4.88 Å². The molecule has 0 atom stereocenters. The molecule has 2 rings (SSSR count). The normalized spacial score (nSPS) is 10.8. The summed E-state index contributed by atoms with van der Waals surface area (Å²) in [5, 5.41) is 2.38. The van der Waals surface area contributed by atoms with Gasteiger partial charge in [0, 0.05) is 16.6 Å². The highest BCUT2D eigenvalue weighted by molar-refractivity contribution is 7.75. The lowest BCUT2D eigenvalue weighted by Crippen LogP contribution is -2.12. The van der Waals surface area contributed by atoms with Crippen molar-refractivity contribution in [3.05, 3.63) is 46.3 Å². The summed E-state index contributed by atoms with van der Waals surface area (Å²) in [6, 6.07) is 4.21. The van der Waals surface area contributed by atoms with Crippen LogP contribution in [0.4, 0.5) is 14.5 Å². The molecule has 0 aliphatic rings. The maximum absolute atomic E-state index is 13.0. The van der Waals surface area contributed by atoms with E-state index in [2.05, 4.69) is 5.32 Å². The summed E-state index contributed by atoms with van der Waals surface area (Å²) in [7, 11) is -2.76. The number of carbonyl (C=O) groups is 1. The van der Waals surface area contributed by atoms with Crippen molar-refractivity contribution in [1.82, 2.24) is 0 Å². The molecule has 0 spiro atoms. The molecule has 0 saturated carbocycles. The molecule has 0 radical (unpaired) electrons. The van der Waals surface area contributed by atoms with Crippen LogP contribution >= 0.6 is 11.3 Å². The Kier molecular flexibility index (Phi) is 4.15. The number of anilines is 1. The molecule has 1 aromatic heterocycles. The van der Waals surface area contributed by atoms with Crippen LogP contribution < -0.4 is 5.32 Å². The van der Waals surface area contributed by atoms with Gasteiger partial charge in [-0.25, -0.2) is 17.2 Å². The number of nitrogens with one attached hydrogen (secondary N) is 1. The van der Waals surface area contributed by atoms with Gasteiger partial charge in [0.1, 0.15) is 4.21 Å². The fourth-order valence-corrected chi connectivity index (χ4v) is 3.25. The summed E-state index contributed by atoms with van der Waals surface area (Å²) in [5.74, 6) is -2.67. The standard InChI is InChI=1S/C12H9F2NO3S2/c1-6-8(5-11(19-6)20(17)18)12(16)15-7-2-3-9(13)10(14)4-7/h2-5,20H,1H3,(H,15,16). The van der Waals surface area contributed by atoms with Crippen LogP contribution in [-0.2, 0) is 10.7 Å². The average Bonchev–Trinajstić information content (AvgIpc) is 2.76. The van der Waals surface area contributed by atoms with Gasteiger partial charge in [0.15, 0.2) is 22.3 Å². The second kappa shape index (κ2) is 5.68. The summed E-state index contributed by atoms with van der Waals surface area (Å²) >= 11 is 0.976. The number of hydrogen-bond acceptors (Lipinski definition) is 4. The minimum absolute atomic E-state index is 0.0768. The predicted molar refractivity (Wildman–Crippen MR) is 71.9 cm³/mol. The van der Waals surface area contributed by atoms with E-state index < -0.39 is 28.2 Å². The SMILES string of the molecule is Cc1sc([SH](=O)=O)cc1C(=O)Nc1ccc(F)c(F)c1. The zero-order chi connectivity index (χ0) is 14.9. The predicted octanol–water partition coefficient (Wildman–Crippen LogP) is 2.56. The molecule has 8 heteroatoms. The molecular weight excluding hydrogens is 308 g/mol. The van der Waals surface area contributed by atoms with Gasteiger partial charge in [-0.2, -0.15) is 0 Å². The number of benzene rings is 1. The summed E-state index contributed by atoms with van der Waals surface area (Å²) < 4.78 is 47.6. The van der Waals surface area contributed by atoms with Gasteiger partial charge in [0.25, 0.3) is 5.91 Å². The lowest BCUT2D eigenvalue weighted by molar-refractivity contribution is 0.102. The number of thiophene rings is 1. The Morgan fingerprint density at radius 2 is 1.90 bits per heavy atom. The minimum Gasteiger partial charge on any atom is -0.322 e. The zero-order valence-corrected chi connectivity index (χ0v) is 11.9.